The second-order valence-electron chi connectivity index (χ2n) is 4.46. The number of benzene rings is 1. The van der Waals surface area contributed by atoms with Gasteiger partial charge in [-0.15, -0.1) is 0 Å². The molecule has 1 aromatic carbocycles. The van der Waals surface area contributed by atoms with Gasteiger partial charge in [0.2, 0.25) is 0 Å². The van der Waals surface area contributed by atoms with Crippen LogP contribution in [0, 0.1) is 12.7 Å². The fraction of sp³-hybridized carbons (Fsp3) is 0.267. The highest BCUT2D eigenvalue weighted by atomic mass is 35.5. The normalized spacial score (nSPS) is 12.4. The summed E-state index contributed by atoms with van der Waals surface area (Å²) in [5.74, 6) is -0.364. The quantitative estimate of drug-likeness (QED) is 0.923. The zero-order valence-corrected chi connectivity index (χ0v) is 11.7. The Bertz CT molecular complexity index is 572. The molecule has 2 nitrogen and oxygen atoms in total. The van der Waals surface area contributed by atoms with Crippen LogP contribution in [0.3, 0.4) is 0 Å². The second-order valence-corrected chi connectivity index (χ2v) is 4.86. The molecule has 2 aromatic rings. The molecule has 0 amide bonds. The lowest BCUT2D eigenvalue weighted by Crippen LogP contribution is -2.21. The number of nitrogens with one attached hydrogen (secondary N) is 1. The minimum absolute atomic E-state index is 0.146. The zero-order chi connectivity index (χ0) is 13.8. The number of hydrogen-bond donors (Lipinski definition) is 1. The first kappa shape index (κ1) is 14.0. The molecular weight excluding hydrogens is 263 g/mol. The van der Waals surface area contributed by atoms with E-state index in [2.05, 4.69) is 10.3 Å². The molecule has 0 saturated carbocycles. The summed E-state index contributed by atoms with van der Waals surface area (Å²) in [6.07, 6.45) is 2.38. The predicted molar refractivity (Wildman–Crippen MR) is 75.9 cm³/mol. The molecular formula is C15H16ClFN2. The summed E-state index contributed by atoms with van der Waals surface area (Å²) < 4.78 is 14.0. The van der Waals surface area contributed by atoms with Crippen molar-refractivity contribution in [1.82, 2.24) is 10.3 Å². The number of rotatable bonds is 4. The van der Waals surface area contributed by atoms with E-state index in [0.29, 0.717) is 12.0 Å². The lowest BCUT2D eigenvalue weighted by Gasteiger charge is -2.18. The standard InChI is InChI=1S/C15H16ClFN2/c1-10-5-4-8-19-13(10)9-14(18-2)11-6-3-7-12(16)15(11)17/h3-8,14,18H,9H2,1-2H3. The van der Waals surface area contributed by atoms with Crippen LogP contribution in [0.15, 0.2) is 36.5 Å². The summed E-state index contributed by atoms with van der Waals surface area (Å²) in [5.41, 5.74) is 2.63. The van der Waals surface area contributed by atoms with Crippen LogP contribution in [0.5, 0.6) is 0 Å². The lowest BCUT2D eigenvalue weighted by molar-refractivity contribution is 0.529. The first-order valence-electron chi connectivity index (χ1n) is 6.15. The fourth-order valence-electron chi connectivity index (χ4n) is 2.08. The van der Waals surface area contributed by atoms with Crippen molar-refractivity contribution in [2.45, 2.75) is 19.4 Å². The molecule has 0 aliphatic heterocycles. The summed E-state index contributed by atoms with van der Waals surface area (Å²) >= 11 is 5.83. The monoisotopic (exact) mass is 278 g/mol. The molecule has 4 heteroatoms. The van der Waals surface area contributed by atoms with Crippen LogP contribution >= 0.6 is 11.6 Å². The lowest BCUT2D eigenvalue weighted by atomic mass is 9.99. The summed E-state index contributed by atoms with van der Waals surface area (Å²) in [6, 6.07) is 8.82. The first-order chi connectivity index (χ1) is 9.13. The average Bonchev–Trinajstić information content (AvgIpc) is 2.41. The third-order valence-electron chi connectivity index (χ3n) is 3.22. The van der Waals surface area contributed by atoms with Gasteiger partial charge in [0.05, 0.1) is 5.02 Å². The Morgan fingerprint density at radius 2 is 2.11 bits per heavy atom. The van der Waals surface area contributed by atoms with Gasteiger partial charge in [0, 0.05) is 29.9 Å². The molecule has 0 radical (unpaired) electrons. The molecule has 0 saturated heterocycles. The fourth-order valence-corrected chi connectivity index (χ4v) is 2.26. The van der Waals surface area contributed by atoms with Crippen molar-refractivity contribution in [2.75, 3.05) is 7.05 Å². The van der Waals surface area contributed by atoms with Crippen LogP contribution in [0.4, 0.5) is 4.39 Å². The number of pyridine rings is 1. The molecule has 0 aliphatic rings. The van der Waals surface area contributed by atoms with Crippen LogP contribution in [0.25, 0.3) is 0 Å². The van der Waals surface area contributed by atoms with Crippen molar-refractivity contribution >= 4 is 11.6 Å². The van der Waals surface area contributed by atoms with Crippen LogP contribution < -0.4 is 5.32 Å². The van der Waals surface area contributed by atoms with Crippen molar-refractivity contribution in [3.63, 3.8) is 0 Å². The average molecular weight is 279 g/mol. The van der Waals surface area contributed by atoms with Crippen molar-refractivity contribution < 1.29 is 4.39 Å². The van der Waals surface area contributed by atoms with Gasteiger partial charge in [0.25, 0.3) is 0 Å². The van der Waals surface area contributed by atoms with Gasteiger partial charge in [-0.1, -0.05) is 29.8 Å². The van der Waals surface area contributed by atoms with Crippen molar-refractivity contribution in [3.8, 4) is 0 Å². The molecule has 2 rings (SSSR count). The van der Waals surface area contributed by atoms with Gasteiger partial charge in [-0.25, -0.2) is 4.39 Å². The highest BCUT2D eigenvalue weighted by Gasteiger charge is 2.17. The van der Waals surface area contributed by atoms with Gasteiger partial charge < -0.3 is 5.32 Å². The summed E-state index contributed by atoms with van der Waals surface area (Å²) in [5, 5.41) is 3.27. The van der Waals surface area contributed by atoms with Crippen LogP contribution in [-0.4, -0.2) is 12.0 Å². The Balaban J connectivity index is 2.31. The smallest absolute Gasteiger partial charge is 0.146 e. The molecule has 0 bridgehead atoms. The Morgan fingerprint density at radius 1 is 1.32 bits per heavy atom. The van der Waals surface area contributed by atoms with Crippen molar-refractivity contribution in [3.05, 3.63) is 64.2 Å². The van der Waals surface area contributed by atoms with Crippen LogP contribution in [0.1, 0.15) is 22.9 Å². The number of hydrogen-bond acceptors (Lipinski definition) is 2. The minimum Gasteiger partial charge on any atom is -0.313 e. The number of halogens is 2. The van der Waals surface area contributed by atoms with Gasteiger partial charge in [0.15, 0.2) is 0 Å². The zero-order valence-electron chi connectivity index (χ0n) is 11.0. The molecule has 1 aromatic heterocycles. The molecule has 1 N–H and O–H groups in total. The van der Waals surface area contributed by atoms with Crippen molar-refractivity contribution in [2.24, 2.45) is 0 Å². The van der Waals surface area contributed by atoms with E-state index in [9.17, 15) is 4.39 Å². The molecule has 0 spiro atoms. The van der Waals surface area contributed by atoms with E-state index < -0.39 is 0 Å². The van der Waals surface area contributed by atoms with E-state index in [4.69, 9.17) is 11.6 Å². The number of nitrogens with zero attached hydrogens (tertiary/aromatic N) is 1. The highest BCUT2D eigenvalue weighted by molar-refractivity contribution is 6.30. The summed E-state index contributed by atoms with van der Waals surface area (Å²) in [4.78, 5) is 4.35. The number of aryl methyl sites for hydroxylation is 1. The third-order valence-corrected chi connectivity index (χ3v) is 3.51. The minimum atomic E-state index is -0.364. The van der Waals surface area contributed by atoms with Crippen LogP contribution in [-0.2, 0) is 6.42 Å². The number of aromatic nitrogens is 1. The first-order valence-corrected chi connectivity index (χ1v) is 6.53. The Kier molecular flexibility index (Phi) is 4.51. The topological polar surface area (TPSA) is 24.9 Å². The van der Waals surface area contributed by atoms with Gasteiger partial charge in [-0.05, 0) is 31.7 Å². The maximum Gasteiger partial charge on any atom is 0.146 e. The van der Waals surface area contributed by atoms with Gasteiger partial charge in [0.1, 0.15) is 5.82 Å². The molecule has 1 unspecified atom stereocenters. The van der Waals surface area contributed by atoms with E-state index in [1.165, 1.54) is 0 Å². The number of likely N-dealkylation sites (N-methyl/N-ethyl adjacent to an activating group) is 1. The summed E-state index contributed by atoms with van der Waals surface area (Å²) in [6.45, 7) is 2.00. The van der Waals surface area contributed by atoms with Crippen molar-refractivity contribution in [1.29, 1.82) is 0 Å². The van der Waals surface area contributed by atoms with E-state index >= 15 is 0 Å². The van der Waals surface area contributed by atoms with Gasteiger partial charge in [-0.3, -0.25) is 4.98 Å². The predicted octanol–water partition coefficient (Wildman–Crippen LogP) is 3.69. The largest absolute Gasteiger partial charge is 0.313 e. The second kappa shape index (κ2) is 6.13. The maximum absolute atomic E-state index is 14.0. The molecule has 1 atom stereocenters. The molecule has 19 heavy (non-hydrogen) atoms. The van der Waals surface area contributed by atoms with Gasteiger partial charge in [-0.2, -0.15) is 0 Å². The Morgan fingerprint density at radius 3 is 2.79 bits per heavy atom. The molecule has 0 fully saturated rings. The third kappa shape index (κ3) is 3.11. The summed E-state index contributed by atoms with van der Waals surface area (Å²) in [7, 11) is 1.81. The van der Waals surface area contributed by atoms with E-state index in [1.807, 2.05) is 26.1 Å². The SMILES string of the molecule is CNC(Cc1ncccc1C)c1cccc(Cl)c1F. The highest BCUT2D eigenvalue weighted by Crippen LogP contribution is 2.25. The molecule has 100 valence electrons. The molecule has 0 aliphatic carbocycles. The molecule has 1 heterocycles. The Labute approximate surface area is 117 Å². The Hall–Kier alpha value is -1.45. The van der Waals surface area contributed by atoms with E-state index in [-0.39, 0.29) is 16.9 Å². The van der Waals surface area contributed by atoms with Gasteiger partial charge >= 0.3 is 0 Å². The maximum atomic E-state index is 14.0. The van der Waals surface area contributed by atoms with Crippen LogP contribution in [0.2, 0.25) is 5.02 Å². The van der Waals surface area contributed by atoms with E-state index in [0.717, 1.165) is 11.3 Å². The van der Waals surface area contributed by atoms with E-state index in [1.54, 1.807) is 24.4 Å².